The molecule has 96 valence electrons. The van der Waals surface area contributed by atoms with Gasteiger partial charge in [-0.1, -0.05) is 0 Å². The highest BCUT2D eigenvalue weighted by Crippen LogP contribution is 2.43. The third-order valence-corrected chi connectivity index (χ3v) is 1.96. The van der Waals surface area contributed by atoms with E-state index in [1.807, 2.05) is 0 Å². The number of phenols is 1. The lowest BCUT2D eigenvalue weighted by Gasteiger charge is -2.18. The molecule has 0 heterocycles. The summed E-state index contributed by atoms with van der Waals surface area (Å²) < 4.78 is 74.5. The zero-order chi connectivity index (χ0) is 13.4. The van der Waals surface area contributed by atoms with Gasteiger partial charge in [0.25, 0.3) is 0 Å². The van der Waals surface area contributed by atoms with Crippen molar-refractivity contribution in [2.45, 2.75) is 19.0 Å². The average molecular weight is 260 g/mol. The molecule has 0 saturated heterocycles. The van der Waals surface area contributed by atoms with Crippen molar-refractivity contribution in [3.8, 4) is 5.75 Å². The van der Waals surface area contributed by atoms with Crippen LogP contribution in [-0.4, -0.2) is 10.2 Å². The summed E-state index contributed by atoms with van der Waals surface area (Å²) >= 11 is 0. The Hall–Kier alpha value is -1.44. The number of alkyl halides is 6. The molecule has 17 heavy (non-hydrogen) atoms. The van der Waals surface area contributed by atoms with Gasteiger partial charge in [-0.25, -0.2) is 0 Å². The van der Waals surface area contributed by atoms with Crippen molar-refractivity contribution in [1.29, 1.82) is 0 Å². The van der Waals surface area contributed by atoms with E-state index in [0.717, 1.165) is 0 Å². The van der Waals surface area contributed by atoms with Crippen molar-refractivity contribution >= 4 is 0 Å². The van der Waals surface area contributed by atoms with E-state index in [1.165, 1.54) is 0 Å². The van der Waals surface area contributed by atoms with Gasteiger partial charge < -0.3 is 10.2 Å². The van der Waals surface area contributed by atoms with Crippen LogP contribution >= 0.6 is 0 Å². The number of halogens is 6. The molecule has 0 saturated carbocycles. The van der Waals surface area contributed by atoms with E-state index in [0.29, 0.717) is 6.07 Å². The van der Waals surface area contributed by atoms with Gasteiger partial charge in [-0.15, -0.1) is 0 Å². The maximum Gasteiger partial charge on any atom is 0.417 e. The van der Waals surface area contributed by atoms with Crippen LogP contribution < -0.4 is 0 Å². The van der Waals surface area contributed by atoms with E-state index in [4.69, 9.17) is 10.2 Å². The minimum Gasteiger partial charge on any atom is -0.508 e. The second-order valence-electron chi connectivity index (χ2n) is 3.18. The maximum atomic E-state index is 12.5. The molecule has 1 aromatic rings. The van der Waals surface area contributed by atoms with Gasteiger partial charge in [0.15, 0.2) is 0 Å². The van der Waals surface area contributed by atoms with Crippen molar-refractivity contribution in [2.24, 2.45) is 0 Å². The van der Waals surface area contributed by atoms with Crippen LogP contribution in [0.4, 0.5) is 26.3 Å². The summed E-state index contributed by atoms with van der Waals surface area (Å²) in [6.45, 7) is -1.26. The quantitative estimate of drug-likeness (QED) is 0.762. The first-order valence-electron chi connectivity index (χ1n) is 4.18. The van der Waals surface area contributed by atoms with Crippen molar-refractivity contribution in [2.75, 3.05) is 0 Å². The van der Waals surface area contributed by atoms with Gasteiger partial charge in [-0.05, 0) is 17.7 Å². The first-order chi connectivity index (χ1) is 7.57. The van der Waals surface area contributed by atoms with Gasteiger partial charge >= 0.3 is 12.4 Å². The number of hydrogen-bond acceptors (Lipinski definition) is 2. The Morgan fingerprint density at radius 3 is 1.82 bits per heavy atom. The third-order valence-electron chi connectivity index (χ3n) is 1.96. The molecule has 0 spiro atoms. The van der Waals surface area contributed by atoms with Gasteiger partial charge in [0.05, 0.1) is 17.7 Å². The minimum atomic E-state index is -5.27. The van der Waals surface area contributed by atoms with E-state index in [-0.39, 0.29) is 6.07 Å². The molecule has 0 fully saturated rings. The van der Waals surface area contributed by atoms with E-state index < -0.39 is 41.4 Å². The maximum absolute atomic E-state index is 12.5. The summed E-state index contributed by atoms with van der Waals surface area (Å²) in [5.74, 6) is -0.991. The summed E-state index contributed by atoms with van der Waals surface area (Å²) in [6, 6.07) is 0.417. The van der Waals surface area contributed by atoms with Crippen LogP contribution in [0.25, 0.3) is 0 Å². The van der Waals surface area contributed by atoms with Gasteiger partial charge in [0, 0.05) is 0 Å². The molecule has 0 unspecified atom stereocenters. The summed E-state index contributed by atoms with van der Waals surface area (Å²) in [5.41, 5.74) is -5.02. The topological polar surface area (TPSA) is 40.5 Å². The summed E-state index contributed by atoms with van der Waals surface area (Å²) in [5, 5.41) is 17.5. The fraction of sp³-hybridized carbons (Fsp3) is 0.333. The van der Waals surface area contributed by atoms with Crippen molar-refractivity contribution < 1.29 is 36.6 Å². The molecule has 1 rings (SSSR count). The average Bonchev–Trinajstić information content (AvgIpc) is 2.12. The molecule has 8 heteroatoms. The zero-order valence-electron chi connectivity index (χ0n) is 8.02. The number of rotatable bonds is 1. The summed E-state index contributed by atoms with van der Waals surface area (Å²) in [6.07, 6.45) is -10.5. The molecule has 1 aromatic carbocycles. The van der Waals surface area contributed by atoms with Crippen LogP contribution in [0.1, 0.15) is 16.7 Å². The number of aliphatic hydroxyl groups is 1. The van der Waals surface area contributed by atoms with Crippen molar-refractivity contribution in [3.05, 3.63) is 28.8 Å². The molecule has 0 aliphatic heterocycles. The Labute approximate surface area is 91.1 Å². The lowest BCUT2D eigenvalue weighted by atomic mass is 9.99. The standard InChI is InChI=1S/C9H6F6O2/c10-8(11,12)6-2-5(17)1-4(3-16)7(6)9(13,14)15/h1-2,16-17H,3H2. The molecule has 0 aliphatic rings. The smallest absolute Gasteiger partial charge is 0.417 e. The SMILES string of the molecule is OCc1cc(O)cc(C(F)(F)F)c1C(F)(F)F. The van der Waals surface area contributed by atoms with Crippen LogP contribution in [0.15, 0.2) is 12.1 Å². The van der Waals surface area contributed by atoms with E-state index in [1.54, 1.807) is 0 Å². The summed E-state index contributed by atoms with van der Waals surface area (Å²) in [4.78, 5) is 0. The monoisotopic (exact) mass is 260 g/mol. The second-order valence-corrected chi connectivity index (χ2v) is 3.18. The Morgan fingerprint density at radius 2 is 1.47 bits per heavy atom. The number of aromatic hydroxyl groups is 1. The van der Waals surface area contributed by atoms with Crippen molar-refractivity contribution in [3.63, 3.8) is 0 Å². The highest BCUT2D eigenvalue weighted by Gasteiger charge is 2.45. The molecular formula is C9H6F6O2. The van der Waals surface area contributed by atoms with Crippen LogP contribution in [0.5, 0.6) is 5.75 Å². The molecule has 0 aromatic heterocycles. The number of hydrogen-bond donors (Lipinski definition) is 2. The zero-order valence-corrected chi connectivity index (χ0v) is 8.02. The minimum absolute atomic E-state index is 0.0258. The van der Waals surface area contributed by atoms with Crippen LogP contribution in [0.3, 0.4) is 0 Å². The number of phenolic OH excluding ortho intramolecular Hbond substituents is 1. The molecule has 0 aliphatic carbocycles. The van der Waals surface area contributed by atoms with Gasteiger partial charge in [-0.2, -0.15) is 26.3 Å². The molecule has 2 N–H and O–H groups in total. The van der Waals surface area contributed by atoms with Gasteiger partial charge in [0.2, 0.25) is 0 Å². The van der Waals surface area contributed by atoms with Crippen LogP contribution in [0.2, 0.25) is 0 Å². The van der Waals surface area contributed by atoms with Crippen molar-refractivity contribution in [1.82, 2.24) is 0 Å². The molecule has 2 nitrogen and oxygen atoms in total. The first kappa shape index (κ1) is 13.6. The second kappa shape index (κ2) is 4.10. The third kappa shape index (κ3) is 2.82. The molecule has 0 radical (unpaired) electrons. The molecule has 0 bridgehead atoms. The predicted molar refractivity (Wildman–Crippen MR) is 44.0 cm³/mol. The van der Waals surface area contributed by atoms with E-state index in [2.05, 4.69) is 0 Å². The summed E-state index contributed by atoms with van der Waals surface area (Å²) in [7, 11) is 0. The van der Waals surface area contributed by atoms with Gasteiger partial charge in [0.1, 0.15) is 5.75 Å². The predicted octanol–water partition coefficient (Wildman–Crippen LogP) is 2.92. The Bertz CT molecular complexity index is 421. The number of aliphatic hydroxyl groups excluding tert-OH is 1. The first-order valence-corrected chi connectivity index (χ1v) is 4.18. The van der Waals surface area contributed by atoms with Crippen LogP contribution in [0, 0.1) is 0 Å². The van der Waals surface area contributed by atoms with Crippen LogP contribution in [-0.2, 0) is 19.0 Å². The molecule has 0 atom stereocenters. The highest BCUT2D eigenvalue weighted by atomic mass is 19.4. The molecular weight excluding hydrogens is 254 g/mol. The largest absolute Gasteiger partial charge is 0.508 e. The lowest BCUT2D eigenvalue weighted by Crippen LogP contribution is -2.19. The van der Waals surface area contributed by atoms with E-state index >= 15 is 0 Å². The van der Waals surface area contributed by atoms with Gasteiger partial charge in [-0.3, -0.25) is 0 Å². The number of benzene rings is 1. The normalized spacial score (nSPS) is 12.9. The van der Waals surface area contributed by atoms with E-state index in [9.17, 15) is 26.3 Å². The Balaban J connectivity index is 3.63. The Morgan fingerprint density at radius 1 is 0.941 bits per heavy atom. The fourth-order valence-electron chi connectivity index (χ4n) is 1.37. The molecule has 0 amide bonds. The Kier molecular flexibility index (Phi) is 3.28. The highest BCUT2D eigenvalue weighted by molar-refractivity contribution is 5.44. The lowest BCUT2D eigenvalue weighted by molar-refractivity contribution is -0.162. The fourth-order valence-corrected chi connectivity index (χ4v) is 1.37.